The van der Waals surface area contributed by atoms with Crippen LogP contribution >= 0.6 is 0 Å². The molecule has 112 valence electrons. The second kappa shape index (κ2) is 6.14. The van der Waals surface area contributed by atoms with Crippen molar-refractivity contribution in [3.8, 4) is 0 Å². The number of benzene rings is 1. The molecule has 0 bridgehead atoms. The molecular formula is C17H21NO3. The van der Waals surface area contributed by atoms with Crippen LogP contribution in [0.15, 0.2) is 24.3 Å². The lowest BCUT2D eigenvalue weighted by molar-refractivity contribution is 0.0465. The second-order valence-corrected chi connectivity index (χ2v) is 5.40. The maximum Gasteiger partial charge on any atom is 0.355 e. The molecule has 1 aromatic heterocycles. The molecule has 0 saturated heterocycles. The average Bonchev–Trinajstić information content (AvgIpc) is 2.73. The van der Waals surface area contributed by atoms with Gasteiger partial charge in [0.25, 0.3) is 0 Å². The average molecular weight is 287 g/mol. The Kier molecular flexibility index (Phi) is 4.48. The number of aromatic nitrogens is 1. The highest BCUT2D eigenvalue weighted by Crippen LogP contribution is 2.25. The third-order valence-corrected chi connectivity index (χ3v) is 3.61. The largest absolute Gasteiger partial charge is 0.456 e. The number of H-pyrrole nitrogens is 1. The number of hydrogen-bond donors (Lipinski definition) is 2. The van der Waals surface area contributed by atoms with Gasteiger partial charge in [0.2, 0.25) is 0 Å². The lowest BCUT2D eigenvalue weighted by Crippen LogP contribution is -2.07. The minimum Gasteiger partial charge on any atom is -0.456 e. The monoisotopic (exact) mass is 287 g/mol. The molecule has 4 nitrogen and oxygen atoms in total. The lowest BCUT2D eigenvalue weighted by atomic mass is 10.1. The van der Waals surface area contributed by atoms with E-state index in [1.165, 1.54) is 5.56 Å². The van der Waals surface area contributed by atoms with Crippen molar-refractivity contribution in [2.24, 2.45) is 0 Å². The van der Waals surface area contributed by atoms with Crippen LogP contribution in [0.2, 0.25) is 0 Å². The van der Waals surface area contributed by atoms with Crippen LogP contribution in [0.3, 0.4) is 0 Å². The van der Waals surface area contributed by atoms with Crippen molar-refractivity contribution in [2.45, 2.75) is 40.4 Å². The van der Waals surface area contributed by atoms with Crippen LogP contribution in [0, 0.1) is 20.8 Å². The topological polar surface area (TPSA) is 62.3 Å². The Bertz CT molecular complexity index is 639. The third-order valence-electron chi connectivity index (χ3n) is 3.61. The summed E-state index contributed by atoms with van der Waals surface area (Å²) >= 11 is 0. The number of aryl methyl sites for hydroxylation is 2. The Hall–Kier alpha value is -2.07. The summed E-state index contributed by atoms with van der Waals surface area (Å²) in [7, 11) is 0. The molecule has 2 aromatic rings. The summed E-state index contributed by atoms with van der Waals surface area (Å²) in [6.45, 7) is 7.59. The van der Waals surface area contributed by atoms with Gasteiger partial charge < -0.3 is 14.8 Å². The fraction of sp³-hybridized carbons (Fsp3) is 0.353. The van der Waals surface area contributed by atoms with E-state index in [-0.39, 0.29) is 6.61 Å². The van der Waals surface area contributed by atoms with Gasteiger partial charge in [-0.1, -0.05) is 29.8 Å². The smallest absolute Gasteiger partial charge is 0.355 e. The van der Waals surface area contributed by atoms with Crippen LogP contribution in [0.4, 0.5) is 0 Å². The SMILES string of the molecule is Cc1ccc(COC(=O)c2[nH]c(C)c([C@H](C)O)c2C)cc1. The van der Waals surface area contributed by atoms with Crippen LogP contribution in [0.25, 0.3) is 0 Å². The molecule has 0 amide bonds. The quantitative estimate of drug-likeness (QED) is 0.848. The first-order valence-corrected chi connectivity index (χ1v) is 7.00. The molecule has 1 aromatic carbocycles. The molecule has 0 radical (unpaired) electrons. The van der Waals surface area contributed by atoms with E-state index >= 15 is 0 Å². The Labute approximate surface area is 124 Å². The molecule has 2 rings (SSSR count). The highest BCUT2D eigenvalue weighted by Gasteiger charge is 2.20. The molecule has 21 heavy (non-hydrogen) atoms. The number of aliphatic hydroxyl groups is 1. The maximum atomic E-state index is 12.2. The van der Waals surface area contributed by atoms with Gasteiger partial charge in [-0.15, -0.1) is 0 Å². The second-order valence-electron chi connectivity index (χ2n) is 5.40. The third kappa shape index (κ3) is 3.34. The van der Waals surface area contributed by atoms with E-state index in [4.69, 9.17) is 4.74 Å². The molecule has 0 unspecified atom stereocenters. The molecular weight excluding hydrogens is 266 g/mol. The number of aromatic amines is 1. The number of esters is 1. The first-order valence-electron chi connectivity index (χ1n) is 7.00. The van der Waals surface area contributed by atoms with Gasteiger partial charge >= 0.3 is 5.97 Å². The van der Waals surface area contributed by atoms with Crippen molar-refractivity contribution in [3.63, 3.8) is 0 Å². The fourth-order valence-electron chi connectivity index (χ4n) is 2.50. The molecule has 1 heterocycles. The summed E-state index contributed by atoms with van der Waals surface area (Å²) in [5.41, 5.74) is 4.84. The Morgan fingerprint density at radius 3 is 2.38 bits per heavy atom. The summed E-state index contributed by atoms with van der Waals surface area (Å²) in [6, 6.07) is 7.85. The maximum absolute atomic E-state index is 12.2. The number of aliphatic hydroxyl groups excluding tert-OH is 1. The van der Waals surface area contributed by atoms with Crippen molar-refractivity contribution in [1.29, 1.82) is 0 Å². The Balaban J connectivity index is 2.10. The van der Waals surface area contributed by atoms with Gasteiger partial charge in [0.05, 0.1) is 6.10 Å². The summed E-state index contributed by atoms with van der Waals surface area (Å²) in [5, 5.41) is 9.74. The summed E-state index contributed by atoms with van der Waals surface area (Å²) in [5.74, 6) is -0.400. The van der Waals surface area contributed by atoms with Gasteiger partial charge in [0.15, 0.2) is 0 Å². The van der Waals surface area contributed by atoms with Crippen molar-refractivity contribution >= 4 is 5.97 Å². The number of rotatable bonds is 4. The minimum atomic E-state index is -0.611. The van der Waals surface area contributed by atoms with Gasteiger partial charge in [0, 0.05) is 11.3 Å². The van der Waals surface area contributed by atoms with Crippen molar-refractivity contribution in [2.75, 3.05) is 0 Å². The molecule has 0 aliphatic heterocycles. The zero-order valence-electron chi connectivity index (χ0n) is 12.9. The van der Waals surface area contributed by atoms with Crippen LogP contribution in [-0.2, 0) is 11.3 Å². The molecule has 0 aliphatic carbocycles. The summed E-state index contributed by atoms with van der Waals surface area (Å²) in [4.78, 5) is 15.2. The predicted octanol–water partition coefficient (Wildman–Crippen LogP) is 3.35. The van der Waals surface area contributed by atoms with Crippen LogP contribution < -0.4 is 0 Å². The Morgan fingerprint density at radius 2 is 1.86 bits per heavy atom. The lowest BCUT2D eigenvalue weighted by Gasteiger charge is -2.06. The molecule has 0 spiro atoms. The first-order chi connectivity index (χ1) is 9.90. The first kappa shape index (κ1) is 15.3. The van der Waals surface area contributed by atoms with Gasteiger partial charge in [-0.05, 0) is 38.8 Å². The van der Waals surface area contributed by atoms with Gasteiger partial charge in [-0.3, -0.25) is 0 Å². The zero-order chi connectivity index (χ0) is 15.6. The standard InChI is InChI=1S/C17H21NO3/c1-10-5-7-14(8-6-10)9-21-17(20)16-11(2)15(13(4)19)12(3)18-16/h5-8,13,18-19H,9H2,1-4H3/t13-/m0/s1. The van der Waals surface area contributed by atoms with E-state index in [2.05, 4.69) is 4.98 Å². The minimum absolute atomic E-state index is 0.237. The van der Waals surface area contributed by atoms with E-state index < -0.39 is 12.1 Å². The van der Waals surface area contributed by atoms with E-state index in [1.807, 2.05) is 45.0 Å². The summed E-state index contributed by atoms with van der Waals surface area (Å²) < 4.78 is 5.33. The van der Waals surface area contributed by atoms with Crippen LogP contribution in [0.5, 0.6) is 0 Å². The number of hydrogen-bond acceptors (Lipinski definition) is 3. The van der Waals surface area contributed by atoms with E-state index in [1.54, 1.807) is 6.92 Å². The number of carbonyl (C=O) groups excluding carboxylic acids is 1. The Morgan fingerprint density at radius 1 is 1.24 bits per heavy atom. The normalized spacial score (nSPS) is 12.2. The van der Waals surface area contributed by atoms with Crippen LogP contribution in [-0.4, -0.2) is 16.1 Å². The molecule has 4 heteroatoms. The van der Waals surface area contributed by atoms with Gasteiger partial charge in [-0.25, -0.2) is 4.79 Å². The van der Waals surface area contributed by atoms with Crippen molar-refractivity contribution in [1.82, 2.24) is 4.98 Å². The molecule has 2 N–H and O–H groups in total. The van der Waals surface area contributed by atoms with E-state index in [0.29, 0.717) is 5.69 Å². The van der Waals surface area contributed by atoms with Crippen molar-refractivity contribution in [3.05, 3.63) is 57.9 Å². The molecule has 0 aliphatic rings. The van der Waals surface area contributed by atoms with Crippen LogP contribution in [0.1, 0.15) is 51.5 Å². The van der Waals surface area contributed by atoms with Gasteiger partial charge in [0.1, 0.15) is 12.3 Å². The molecule has 1 atom stereocenters. The number of ether oxygens (including phenoxy) is 1. The van der Waals surface area contributed by atoms with E-state index in [0.717, 1.165) is 22.4 Å². The van der Waals surface area contributed by atoms with Gasteiger partial charge in [-0.2, -0.15) is 0 Å². The van der Waals surface area contributed by atoms with E-state index in [9.17, 15) is 9.90 Å². The number of carbonyl (C=O) groups is 1. The summed E-state index contributed by atoms with van der Waals surface area (Å²) in [6.07, 6.45) is -0.611. The highest BCUT2D eigenvalue weighted by molar-refractivity contribution is 5.89. The predicted molar refractivity (Wildman–Crippen MR) is 81.2 cm³/mol. The number of nitrogens with one attached hydrogen (secondary N) is 1. The fourth-order valence-corrected chi connectivity index (χ4v) is 2.50. The van der Waals surface area contributed by atoms with Crippen molar-refractivity contribution < 1.29 is 14.6 Å². The highest BCUT2D eigenvalue weighted by atomic mass is 16.5. The molecule has 0 saturated carbocycles. The zero-order valence-corrected chi connectivity index (χ0v) is 12.9. The molecule has 0 fully saturated rings.